The average Bonchev–Trinajstić information content (AvgIpc) is 3.64. The van der Waals surface area contributed by atoms with E-state index in [9.17, 15) is 18.0 Å². The molecule has 2 aromatic carbocycles. The molecule has 2 aromatic heterocycles. The molecule has 1 aliphatic rings. The maximum atomic E-state index is 14.1. The zero-order chi connectivity index (χ0) is 29.0. The summed E-state index contributed by atoms with van der Waals surface area (Å²) in [4.78, 5) is 18.5. The average molecular weight is 568 g/mol. The third kappa shape index (κ3) is 6.51. The Morgan fingerprint density at radius 2 is 1.83 bits per heavy atom. The predicted molar refractivity (Wildman–Crippen MR) is 147 cm³/mol. The highest BCUT2D eigenvalue weighted by molar-refractivity contribution is 5.77. The maximum absolute atomic E-state index is 14.1. The number of halogens is 3. The van der Waals surface area contributed by atoms with Crippen LogP contribution in [0.1, 0.15) is 37.8 Å². The van der Waals surface area contributed by atoms with Crippen molar-refractivity contribution in [3.05, 3.63) is 65.9 Å². The molecule has 1 aliphatic heterocycles. The number of hydrogen-bond donors (Lipinski definition) is 0. The van der Waals surface area contributed by atoms with Gasteiger partial charge in [-0.3, -0.25) is 9.48 Å². The van der Waals surface area contributed by atoms with E-state index in [1.807, 2.05) is 43.5 Å². The van der Waals surface area contributed by atoms with Gasteiger partial charge in [-0.25, -0.2) is 0 Å². The van der Waals surface area contributed by atoms with Crippen LogP contribution in [0.4, 0.5) is 13.2 Å². The molecular weight excluding hydrogens is 535 g/mol. The summed E-state index contributed by atoms with van der Waals surface area (Å²) in [5.41, 5.74) is 1.86. The minimum atomic E-state index is -4.55. The van der Waals surface area contributed by atoms with Crippen LogP contribution in [0.15, 0.2) is 59.3 Å². The summed E-state index contributed by atoms with van der Waals surface area (Å²) in [6, 6.07) is 13.8. The number of aryl methyl sites for hydroxylation is 1. The van der Waals surface area contributed by atoms with Gasteiger partial charge in [-0.05, 0) is 63.4 Å². The van der Waals surface area contributed by atoms with Crippen molar-refractivity contribution < 1.29 is 27.2 Å². The highest BCUT2D eigenvalue weighted by atomic mass is 19.4. The standard InChI is InChI=1S/C30H32F3N5O3/c1-3-38-19-24(20-8-6-5-7-9-20)26(35-38)28-34-27(36-41-28)23-11-10-21(25(18-23)30(31,32)33)12-15-37-16-13-22(14-17-37)29(39)40-4-2/h5-11,18-19,22H,3-4,12-17H2,1-2H3. The number of likely N-dealkylation sites (tertiary alicyclic amines) is 1. The van der Waals surface area contributed by atoms with Crippen molar-refractivity contribution >= 4 is 5.97 Å². The number of esters is 1. The summed E-state index contributed by atoms with van der Waals surface area (Å²) in [6.45, 7) is 6.46. The SMILES string of the molecule is CCOC(=O)C1CCN(CCc2ccc(-c3noc(-c4nn(CC)cc4-c4ccccc4)n3)cc2C(F)(F)F)CC1. The van der Waals surface area contributed by atoms with E-state index in [0.29, 0.717) is 51.3 Å². The Kier molecular flexibility index (Phi) is 8.53. The normalized spacial score (nSPS) is 14.9. The molecular formula is C30H32F3N5O3. The largest absolute Gasteiger partial charge is 0.466 e. The third-order valence-corrected chi connectivity index (χ3v) is 7.38. The van der Waals surface area contributed by atoms with Crippen molar-refractivity contribution in [1.82, 2.24) is 24.8 Å². The van der Waals surface area contributed by atoms with E-state index < -0.39 is 11.7 Å². The van der Waals surface area contributed by atoms with Crippen LogP contribution in [0.25, 0.3) is 34.1 Å². The minimum absolute atomic E-state index is 0.0585. The van der Waals surface area contributed by atoms with Gasteiger partial charge in [-0.2, -0.15) is 23.3 Å². The Bertz CT molecular complexity index is 1470. The van der Waals surface area contributed by atoms with E-state index in [0.717, 1.165) is 17.2 Å². The molecule has 41 heavy (non-hydrogen) atoms. The molecule has 0 aliphatic carbocycles. The molecule has 1 fully saturated rings. The number of nitrogens with zero attached hydrogens (tertiary/aromatic N) is 5. The molecule has 0 amide bonds. The van der Waals surface area contributed by atoms with Crippen molar-refractivity contribution in [2.24, 2.45) is 5.92 Å². The minimum Gasteiger partial charge on any atom is -0.466 e. The highest BCUT2D eigenvalue weighted by Gasteiger charge is 2.34. The number of benzene rings is 2. The van der Waals surface area contributed by atoms with Gasteiger partial charge in [-0.15, -0.1) is 0 Å². The van der Waals surface area contributed by atoms with Gasteiger partial charge in [0.2, 0.25) is 5.82 Å². The second kappa shape index (κ2) is 12.3. The van der Waals surface area contributed by atoms with Gasteiger partial charge in [0, 0.05) is 30.4 Å². The highest BCUT2D eigenvalue weighted by Crippen LogP contribution is 2.36. The van der Waals surface area contributed by atoms with E-state index in [-0.39, 0.29) is 41.2 Å². The molecule has 0 radical (unpaired) electrons. The number of carbonyl (C=O) groups excluding carboxylic acids is 1. The van der Waals surface area contributed by atoms with Gasteiger partial charge in [-0.1, -0.05) is 47.6 Å². The van der Waals surface area contributed by atoms with Gasteiger partial charge >= 0.3 is 12.1 Å². The number of piperidine rings is 1. The summed E-state index contributed by atoms with van der Waals surface area (Å²) in [6.07, 6.45) is -1.15. The molecule has 0 bridgehead atoms. The quantitative estimate of drug-likeness (QED) is 0.225. The summed E-state index contributed by atoms with van der Waals surface area (Å²) >= 11 is 0. The van der Waals surface area contributed by atoms with Crippen LogP contribution < -0.4 is 0 Å². The van der Waals surface area contributed by atoms with Crippen LogP contribution in [0, 0.1) is 5.92 Å². The fourth-order valence-electron chi connectivity index (χ4n) is 5.14. The van der Waals surface area contributed by atoms with Gasteiger partial charge in [0.25, 0.3) is 5.89 Å². The van der Waals surface area contributed by atoms with Crippen LogP contribution in [-0.2, 0) is 28.7 Å². The zero-order valence-electron chi connectivity index (χ0n) is 23.0. The number of aromatic nitrogens is 4. The monoisotopic (exact) mass is 567 g/mol. The first kappa shape index (κ1) is 28.5. The van der Waals surface area contributed by atoms with Crippen molar-refractivity contribution in [2.75, 3.05) is 26.2 Å². The molecule has 0 saturated carbocycles. The lowest BCUT2D eigenvalue weighted by atomic mass is 9.96. The first-order valence-electron chi connectivity index (χ1n) is 13.8. The topological polar surface area (TPSA) is 86.3 Å². The van der Waals surface area contributed by atoms with Crippen molar-refractivity contribution in [2.45, 2.75) is 45.8 Å². The van der Waals surface area contributed by atoms with E-state index in [1.165, 1.54) is 6.07 Å². The van der Waals surface area contributed by atoms with Crippen molar-refractivity contribution in [3.8, 4) is 34.1 Å². The first-order valence-corrected chi connectivity index (χ1v) is 13.8. The lowest BCUT2D eigenvalue weighted by Gasteiger charge is -2.31. The number of ether oxygens (including phenoxy) is 1. The summed E-state index contributed by atoms with van der Waals surface area (Å²) < 4.78 is 54.7. The zero-order valence-corrected chi connectivity index (χ0v) is 23.0. The molecule has 3 heterocycles. The fraction of sp³-hybridized carbons (Fsp3) is 0.400. The van der Waals surface area contributed by atoms with Crippen molar-refractivity contribution in [1.29, 1.82) is 0 Å². The van der Waals surface area contributed by atoms with Gasteiger partial charge < -0.3 is 14.2 Å². The Morgan fingerprint density at radius 3 is 2.51 bits per heavy atom. The molecule has 5 rings (SSSR count). The van der Waals surface area contributed by atoms with E-state index in [1.54, 1.807) is 17.7 Å². The number of hydrogen-bond acceptors (Lipinski definition) is 7. The van der Waals surface area contributed by atoms with Gasteiger partial charge in [0.1, 0.15) is 0 Å². The second-order valence-corrected chi connectivity index (χ2v) is 10.0. The smallest absolute Gasteiger partial charge is 0.416 e. The first-order chi connectivity index (χ1) is 19.8. The van der Waals surface area contributed by atoms with Crippen molar-refractivity contribution in [3.63, 3.8) is 0 Å². The van der Waals surface area contributed by atoms with Crippen LogP contribution >= 0.6 is 0 Å². The van der Waals surface area contributed by atoms with Gasteiger partial charge in [0.05, 0.1) is 18.1 Å². The molecule has 11 heteroatoms. The molecule has 216 valence electrons. The molecule has 0 atom stereocenters. The number of carbonyl (C=O) groups is 1. The number of rotatable bonds is 9. The van der Waals surface area contributed by atoms with Gasteiger partial charge in [0.15, 0.2) is 5.69 Å². The second-order valence-electron chi connectivity index (χ2n) is 10.0. The number of alkyl halides is 3. The Labute approximate surface area is 236 Å². The molecule has 0 N–H and O–H groups in total. The van der Waals surface area contributed by atoms with E-state index in [4.69, 9.17) is 9.26 Å². The van der Waals surface area contributed by atoms with E-state index in [2.05, 4.69) is 20.1 Å². The molecule has 1 saturated heterocycles. The Hall–Kier alpha value is -3.99. The molecule has 8 nitrogen and oxygen atoms in total. The Balaban J connectivity index is 1.34. The Morgan fingerprint density at radius 1 is 1.07 bits per heavy atom. The molecule has 0 unspecified atom stereocenters. The molecule has 0 spiro atoms. The lowest BCUT2D eigenvalue weighted by molar-refractivity contribution is -0.149. The van der Waals surface area contributed by atoms with Crippen LogP contribution in [0.5, 0.6) is 0 Å². The summed E-state index contributed by atoms with van der Waals surface area (Å²) in [5.74, 6) is -0.143. The van der Waals surface area contributed by atoms with Crippen LogP contribution in [-0.4, -0.2) is 57.0 Å². The van der Waals surface area contributed by atoms with E-state index >= 15 is 0 Å². The summed E-state index contributed by atoms with van der Waals surface area (Å²) in [7, 11) is 0. The predicted octanol–water partition coefficient (Wildman–Crippen LogP) is 6.12. The van der Waals surface area contributed by atoms with Crippen LogP contribution in [0.3, 0.4) is 0 Å². The maximum Gasteiger partial charge on any atom is 0.416 e. The lowest BCUT2D eigenvalue weighted by Crippen LogP contribution is -2.38. The fourth-order valence-corrected chi connectivity index (χ4v) is 5.14. The molecule has 4 aromatic rings. The van der Waals surface area contributed by atoms with Crippen LogP contribution in [0.2, 0.25) is 0 Å². The third-order valence-electron chi connectivity index (χ3n) is 7.38. The summed E-state index contributed by atoms with van der Waals surface area (Å²) in [5, 5.41) is 8.55.